The maximum absolute atomic E-state index is 5.88. The molecule has 0 N–H and O–H groups in total. The van der Waals surface area contributed by atoms with Gasteiger partial charge in [0.1, 0.15) is 12.4 Å². The topological polar surface area (TPSA) is 9.23 Å². The molecule has 22 heavy (non-hydrogen) atoms. The van der Waals surface area contributed by atoms with Gasteiger partial charge in [-0.3, -0.25) is 0 Å². The lowest BCUT2D eigenvalue weighted by Gasteiger charge is -2.08. The van der Waals surface area contributed by atoms with Crippen LogP contribution in [0.25, 0.3) is 0 Å². The van der Waals surface area contributed by atoms with Gasteiger partial charge in [-0.1, -0.05) is 83.8 Å². The van der Waals surface area contributed by atoms with Gasteiger partial charge < -0.3 is 4.74 Å². The summed E-state index contributed by atoms with van der Waals surface area (Å²) in [5.74, 6) is 0.939. The molecule has 0 aliphatic rings. The van der Waals surface area contributed by atoms with E-state index in [0.717, 1.165) is 19.3 Å². The van der Waals surface area contributed by atoms with Crippen molar-refractivity contribution in [2.45, 2.75) is 12.9 Å². The molecule has 0 fully saturated rings. The first-order valence-corrected chi connectivity index (χ1v) is 7.70. The summed E-state index contributed by atoms with van der Waals surface area (Å²) >= 11 is 0. The zero-order valence-electron chi connectivity index (χ0n) is 12.6. The molecule has 0 bridgehead atoms. The van der Waals surface area contributed by atoms with Crippen molar-refractivity contribution in [3.05, 3.63) is 96.1 Å². The molecule has 0 aromatic heterocycles. The molecule has 0 saturated carbocycles. The Hall–Kier alpha value is -2.48. The molecule has 0 aliphatic heterocycles. The lowest BCUT2D eigenvalue weighted by molar-refractivity contribution is 0.306. The predicted molar refractivity (Wildman–Crippen MR) is 94.1 cm³/mol. The molecule has 0 aliphatic carbocycles. The summed E-state index contributed by atoms with van der Waals surface area (Å²) in [4.78, 5) is 0. The van der Waals surface area contributed by atoms with Crippen LogP contribution < -0.4 is 10.2 Å². The van der Waals surface area contributed by atoms with E-state index >= 15 is 0 Å². The smallest absolute Gasteiger partial charge is 0.162 e. The molecule has 0 saturated heterocycles. The molecule has 0 radical (unpaired) electrons. The highest BCUT2D eigenvalue weighted by Crippen LogP contribution is 2.11. The molecule has 0 heterocycles. The summed E-state index contributed by atoms with van der Waals surface area (Å²) in [6.45, 7) is 0.614. The molecular weight excluding hydrogens is 267 g/mol. The minimum absolute atomic E-state index is 0.614. The molecule has 0 unspecified atom stereocenters. The fourth-order valence-corrected chi connectivity index (χ4v) is 2.47. The van der Waals surface area contributed by atoms with Gasteiger partial charge in [-0.15, -0.1) is 0 Å². The van der Waals surface area contributed by atoms with E-state index in [1.165, 1.54) is 16.6 Å². The van der Waals surface area contributed by atoms with E-state index in [-0.39, 0.29) is 0 Å². The Morgan fingerprint density at radius 3 is 2.09 bits per heavy atom. The van der Waals surface area contributed by atoms with Crippen LogP contribution in [0.15, 0.2) is 84.9 Å². The maximum atomic E-state index is 5.88. The van der Waals surface area contributed by atoms with Crippen LogP contribution >= 0.6 is 0 Å². The Bertz CT molecular complexity index is 636. The minimum atomic E-state index is 0.614. The van der Waals surface area contributed by atoms with Crippen molar-refractivity contribution in [2.75, 3.05) is 0 Å². The number of benzene rings is 3. The molecule has 0 atom stereocenters. The average Bonchev–Trinajstić information content (AvgIpc) is 2.60. The summed E-state index contributed by atoms with van der Waals surface area (Å²) in [6, 6.07) is 29.3. The van der Waals surface area contributed by atoms with Crippen LogP contribution in [0.5, 0.6) is 5.75 Å². The van der Waals surface area contributed by atoms with Crippen LogP contribution in [-0.4, -0.2) is 7.28 Å². The molecule has 0 amide bonds. The minimum Gasteiger partial charge on any atom is -0.489 e. The van der Waals surface area contributed by atoms with Crippen LogP contribution in [0.1, 0.15) is 11.1 Å². The fourth-order valence-electron chi connectivity index (χ4n) is 2.47. The van der Waals surface area contributed by atoms with Crippen molar-refractivity contribution >= 4 is 12.7 Å². The average molecular weight is 286 g/mol. The van der Waals surface area contributed by atoms with Crippen LogP contribution in [0, 0.1) is 0 Å². The second-order valence-corrected chi connectivity index (χ2v) is 5.41. The summed E-state index contributed by atoms with van der Waals surface area (Å²) in [5, 5.41) is 0. The fraction of sp³-hybridized carbons (Fsp3) is 0.100. The first-order valence-electron chi connectivity index (χ1n) is 7.70. The first kappa shape index (κ1) is 14.5. The molecule has 108 valence electrons. The third kappa shape index (κ3) is 4.26. The quantitative estimate of drug-likeness (QED) is 0.630. The normalized spacial score (nSPS) is 10.2. The van der Waals surface area contributed by atoms with Gasteiger partial charge in [0.15, 0.2) is 7.28 Å². The van der Waals surface area contributed by atoms with E-state index in [4.69, 9.17) is 4.74 Å². The van der Waals surface area contributed by atoms with Crippen LogP contribution in [0.4, 0.5) is 0 Å². The maximum Gasteiger partial charge on any atom is 0.162 e. The standard InChI is InChI=1S/C20H19BO/c1-3-8-17(9-4-1)15-21-19-12-7-13-20(14-19)22-16-18-10-5-2-6-11-18/h1-14,21H,15-16H2. The summed E-state index contributed by atoms with van der Waals surface area (Å²) < 4.78 is 5.88. The van der Waals surface area contributed by atoms with Crippen LogP contribution in [0.2, 0.25) is 0 Å². The Balaban J connectivity index is 1.58. The van der Waals surface area contributed by atoms with Gasteiger partial charge in [-0.05, 0) is 24.0 Å². The largest absolute Gasteiger partial charge is 0.489 e. The molecule has 3 aromatic carbocycles. The molecule has 2 heteroatoms. The Labute approximate surface area is 132 Å². The van der Waals surface area contributed by atoms with Crippen molar-refractivity contribution in [2.24, 2.45) is 0 Å². The third-order valence-corrected chi connectivity index (χ3v) is 3.69. The Kier molecular flexibility index (Phi) is 4.94. The van der Waals surface area contributed by atoms with E-state index in [1.807, 2.05) is 24.3 Å². The first-order chi connectivity index (χ1) is 10.9. The van der Waals surface area contributed by atoms with Crippen molar-refractivity contribution < 1.29 is 4.74 Å². The highest BCUT2D eigenvalue weighted by molar-refractivity contribution is 6.52. The Morgan fingerprint density at radius 1 is 0.682 bits per heavy atom. The summed E-state index contributed by atoms with van der Waals surface area (Å²) in [7, 11) is 1.03. The molecular formula is C20H19BO. The third-order valence-electron chi connectivity index (χ3n) is 3.69. The number of hydrogen-bond donors (Lipinski definition) is 0. The van der Waals surface area contributed by atoms with Gasteiger partial charge in [-0.2, -0.15) is 0 Å². The number of hydrogen-bond acceptors (Lipinski definition) is 1. The zero-order valence-corrected chi connectivity index (χ0v) is 12.6. The lowest BCUT2D eigenvalue weighted by Crippen LogP contribution is -2.16. The predicted octanol–water partition coefficient (Wildman–Crippen LogP) is 3.53. The molecule has 0 spiro atoms. The van der Waals surface area contributed by atoms with Gasteiger partial charge in [0.25, 0.3) is 0 Å². The highest BCUT2D eigenvalue weighted by atomic mass is 16.5. The Morgan fingerprint density at radius 2 is 1.36 bits per heavy atom. The van der Waals surface area contributed by atoms with E-state index < -0.39 is 0 Å². The molecule has 3 rings (SSSR count). The molecule has 1 nitrogen and oxygen atoms in total. The van der Waals surface area contributed by atoms with E-state index in [1.54, 1.807) is 0 Å². The monoisotopic (exact) mass is 286 g/mol. The van der Waals surface area contributed by atoms with Crippen LogP contribution in [-0.2, 0) is 12.9 Å². The van der Waals surface area contributed by atoms with E-state index in [9.17, 15) is 0 Å². The van der Waals surface area contributed by atoms with Crippen molar-refractivity contribution in [1.82, 2.24) is 0 Å². The second kappa shape index (κ2) is 7.51. The lowest BCUT2D eigenvalue weighted by atomic mass is 9.65. The number of rotatable bonds is 6. The summed E-state index contributed by atoms with van der Waals surface area (Å²) in [5.41, 5.74) is 3.88. The molecule has 3 aromatic rings. The summed E-state index contributed by atoms with van der Waals surface area (Å²) in [6.07, 6.45) is 1.06. The van der Waals surface area contributed by atoms with Gasteiger partial charge in [0.2, 0.25) is 0 Å². The number of ether oxygens (including phenoxy) is 1. The van der Waals surface area contributed by atoms with Crippen molar-refractivity contribution in [3.8, 4) is 5.75 Å². The van der Waals surface area contributed by atoms with E-state index in [2.05, 4.69) is 60.7 Å². The van der Waals surface area contributed by atoms with Gasteiger partial charge >= 0.3 is 0 Å². The van der Waals surface area contributed by atoms with Gasteiger partial charge in [0.05, 0.1) is 0 Å². The highest BCUT2D eigenvalue weighted by Gasteiger charge is 2.01. The van der Waals surface area contributed by atoms with Gasteiger partial charge in [0, 0.05) is 0 Å². The van der Waals surface area contributed by atoms with Gasteiger partial charge in [-0.25, -0.2) is 0 Å². The van der Waals surface area contributed by atoms with Crippen molar-refractivity contribution in [1.29, 1.82) is 0 Å². The van der Waals surface area contributed by atoms with Crippen molar-refractivity contribution in [3.63, 3.8) is 0 Å². The van der Waals surface area contributed by atoms with E-state index in [0.29, 0.717) is 6.61 Å². The van der Waals surface area contributed by atoms with Crippen LogP contribution in [0.3, 0.4) is 0 Å². The SMILES string of the molecule is B(Cc1ccccc1)c1cccc(OCc2ccccc2)c1. The second-order valence-electron chi connectivity index (χ2n) is 5.41. The zero-order chi connectivity index (χ0) is 15.0.